The Morgan fingerprint density at radius 1 is 1.25 bits per heavy atom. The van der Waals surface area contributed by atoms with Crippen LogP contribution in [0.15, 0.2) is 22.1 Å². The maximum absolute atomic E-state index is 13.0. The Labute approximate surface area is 124 Å². The molecule has 0 atom stereocenters. The van der Waals surface area contributed by atoms with Gasteiger partial charge >= 0.3 is 124 Å². The minimum atomic E-state index is -4.24. The molecule has 0 radical (unpaired) electrons. The second-order valence-corrected chi connectivity index (χ2v) is 7.44. The number of halogens is 2. The van der Waals surface area contributed by atoms with Gasteiger partial charge in [0.1, 0.15) is 0 Å². The number of hydrogen-bond acceptors (Lipinski definition) is 3. The second kappa shape index (κ2) is 8.92. The van der Waals surface area contributed by atoms with Crippen molar-refractivity contribution in [3.8, 4) is 0 Å². The van der Waals surface area contributed by atoms with Gasteiger partial charge in [-0.2, -0.15) is 0 Å². The molecule has 0 aromatic heterocycles. The molecule has 0 bridgehead atoms. The fourth-order valence-corrected chi connectivity index (χ4v) is 3.84. The molecule has 0 saturated heterocycles. The Morgan fingerprint density at radius 2 is 1.85 bits per heavy atom. The van der Waals surface area contributed by atoms with Crippen molar-refractivity contribution in [2.24, 2.45) is 0 Å². The Hall–Kier alpha value is -0.237. The molecule has 0 fully saturated rings. The molecular weight excluding hydrogens is 327 g/mol. The first-order valence-electron chi connectivity index (χ1n) is 7.19. The van der Waals surface area contributed by atoms with Crippen LogP contribution in [0.4, 0.5) is 7.00 Å². The van der Waals surface area contributed by atoms with Crippen molar-refractivity contribution < 1.29 is 21.6 Å². The standard InChI is InChI=1S/C14H24F2GeO3/c1-3-10-19-14(18,20-11-4-2)9-8-12-6-5-7-13(12)17(15)16/h5,7,17-18H,3-4,6,8-11H2,1-2H3. The van der Waals surface area contributed by atoms with Crippen molar-refractivity contribution in [3.63, 3.8) is 0 Å². The van der Waals surface area contributed by atoms with Crippen LogP contribution in [0.2, 0.25) is 0 Å². The fourth-order valence-electron chi connectivity index (χ4n) is 2.06. The van der Waals surface area contributed by atoms with Gasteiger partial charge in [-0.15, -0.1) is 0 Å². The first-order valence-corrected chi connectivity index (χ1v) is 10.2. The molecule has 0 aromatic rings. The van der Waals surface area contributed by atoms with Crippen LogP contribution in [0, 0.1) is 0 Å². The summed E-state index contributed by atoms with van der Waals surface area (Å²) in [5, 5.41) is 10.3. The molecule has 0 amide bonds. The zero-order chi connectivity index (χ0) is 15.0. The van der Waals surface area contributed by atoms with Crippen LogP contribution >= 0.6 is 0 Å². The predicted octanol–water partition coefficient (Wildman–Crippen LogP) is 3.22. The Balaban J connectivity index is 2.59. The van der Waals surface area contributed by atoms with Gasteiger partial charge in [0.05, 0.1) is 0 Å². The van der Waals surface area contributed by atoms with Crippen molar-refractivity contribution in [2.75, 3.05) is 13.2 Å². The zero-order valence-corrected chi connectivity index (χ0v) is 14.6. The summed E-state index contributed by atoms with van der Waals surface area (Å²) in [6, 6.07) is 0. The van der Waals surface area contributed by atoms with Gasteiger partial charge in [0.15, 0.2) is 0 Å². The van der Waals surface area contributed by atoms with Crippen LogP contribution in [0.1, 0.15) is 46.0 Å². The maximum atomic E-state index is 13.0. The average molecular weight is 351 g/mol. The molecular formula is C14H24F2GeO3. The number of ether oxygens (including phenoxy) is 2. The molecule has 3 nitrogen and oxygen atoms in total. The number of hydrogen-bond donors (Lipinski definition) is 1. The summed E-state index contributed by atoms with van der Waals surface area (Å²) in [6.45, 7) is 4.65. The second-order valence-electron chi connectivity index (χ2n) is 4.88. The topological polar surface area (TPSA) is 38.7 Å². The SMILES string of the molecule is CCCOC(O)(CCC1=[C]([GeH]([F])[F])C=CC1)OCCC. The van der Waals surface area contributed by atoms with Crippen LogP contribution < -0.4 is 0 Å². The molecule has 0 aromatic carbocycles. The van der Waals surface area contributed by atoms with E-state index < -0.39 is 21.2 Å². The number of rotatable bonds is 10. The van der Waals surface area contributed by atoms with E-state index in [2.05, 4.69) is 0 Å². The van der Waals surface area contributed by atoms with Gasteiger partial charge in [-0.1, -0.05) is 0 Å². The van der Waals surface area contributed by atoms with Crippen molar-refractivity contribution in [1.29, 1.82) is 0 Å². The quantitative estimate of drug-likeness (QED) is 0.485. The normalized spacial score (nSPS) is 15.7. The van der Waals surface area contributed by atoms with Crippen LogP contribution in [0.5, 0.6) is 0 Å². The molecule has 0 unspecified atom stereocenters. The summed E-state index contributed by atoms with van der Waals surface area (Å²) in [7, 11) is 0. The third kappa shape index (κ3) is 5.63. The van der Waals surface area contributed by atoms with E-state index in [1.54, 1.807) is 12.2 Å². The van der Waals surface area contributed by atoms with Gasteiger partial charge in [0.25, 0.3) is 0 Å². The Morgan fingerprint density at radius 3 is 2.35 bits per heavy atom. The van der Waals surface area contributed by atoms with Crippen molar-refractivity contribution in [2.45, 2.75) is 51.9 Å². The molecule has 0 aliphatic heterocycles. The summed E-state index contributed by atoms with van der Waals surface area (Å²) in [6.07, 6.45) is 5.98. The number of allylic oxidation sites excluding steroid dienone is 4. The number of aliphatic hydroxyl groups is 1. The molecule has 0 heterocycles. The zero-order valence-electron chi connectivity index (χ0n) is 12.2. The van der Waals surface area contributed by atoms with E-state index in [1.807, 2.05) is 13.8 Å². The molecule has 1 aliphatic carbocycles. The molecule has 1 N–H and O–H groups in total. The molecule has 1 aliphatic rings. The van der Waals surface area contributed by atoms with E-state index in [0.717, 1.165) is 18.4 Å². The van der Waals surface area contributed by atoms with Gasteiger partial charge in [0.2, 0.25) is 0 Å². The molecule has 6 heteroatoms. The predicted molar refractivity (Wildman–Crippen MR) is 76.8 cm³/mol. The van der Waals surface area contributed by atoms with Gasteiger partial charge in [0, 0.05) is 0 Å². The first kappa shape index (κ1) is 17.8. The van der Waals surface area contributed by atoms with Crippen molar-refractivity contribution in [1.82, 2.24) is 0 Å². The van der Waals surface area contributed by atoms with Crippen LogP contribution in [0.25, 0.3) is 0 Å². The van der Waals surface area contributed by atoms with Crippen LogP contribution in [-0.4, -0.2) is 39.6 Å². The minimum absolute atomic E-state index is 0.197. The van der Waals surface area contributed by atoms with Gasteiger partial charge in [-0.25, -0.2) is 0 Å². The molecule has 1 rings (SSSR count). The van der Waals surface area contributed by atoms with Gasteiger partial charge in [-0.3, -0.25) is 0 Å². The summed E-state index contributed by atoms with van der Waals surface area (Å²) in [5.74, 6) is -1.65. The van der Waals surface area contributed by atoms with E-state index >= 15 is 0 Å². The Kier molecular flexibility index (Phi) is 7.94. The third-order valence-corrected chi connectivity index (χ3v) is 5.36. The van der Waals surface area contributed by atoms with E-state index in [-0.39, 0.29) is 10.8 Å². The van der Waals surface area contributed by atoms with Gasteiger partial charge in [-0.05, 0) is 0 Å². The molecule has 0 saturated carbocycles. The summed E-state index contributed by atoms with van der Waals surface area (Å²) >= 11 is -4.24. The fraction of sp³-hybridized carbons (Fsp3) is 0.714. The van der Waals surface area contributed by atoms with Crippen molar-refractivity contribution in [3.05, 3.63) is 22.1 Å². The molecule has 116 valence electrons. The Bertz CT molecular complexity index is 348. The first-order chi connectivity index (χ1) is 9.52. The van der Waals surface area contributed by atoms with Crippen LogP contribution in [-0.2, 0) is 9.47 Å². The average Bonchev–Trinajstić information content (AvgIpc) is 2.90. The summed E-state index contributed by atoms with van der Waals surface area (Å²) < 4.78 is 36.9. The van der Waals surface area contributed by atoms with E-state index in [9.17, 15) is 12.1 Å². The van der Waals surface area contributed by atoms with Gasteiger partial charge < -0.3 is 0 Å². The molecule has 20 heavy (non-hydrogen) atoms. The summed E-state index contributed by atoms with van der Waals surface area (Å²) in [4.78, 5) is 0. The van der Waals surface area contributed by atoms with Crippen molar-refractivity contribution >= 4 is 15.3 Å². The van der Waals surface area contributed by atoms with E-state index in [4.69, 9.17) is 9.47 Å². The van der Waals surface area contributed by atoms with E-state index in [0.29, 0.717) is 26.1 Å². The third-order valence-electron chi connectivity index (χ3n) is 3.11. The van der Waals surface area contributed by atoms with Crippen LogP contribution in [0.3, 0.4) is 0 Å². The van der Waals surface area contributed by atoms with E-state index in [1.165, 1.54) is 0 Å². The summed E-state index contributed by atoms with van der Waals surface area (Å²) in [5.41, 5.74) is 0.735. The molecule has 0 spiro atoms. The monoisotopic (exact) mass is 352 g/mol.